The van der Waals surface area contributed by atoms with Crippen LogP contribution in [0, 0.1) is 0 Å². The lowest BCUT2D eigenvalue weighted by molar-refractivity contribution is -0.143. The van der Waals surface area contributed by atoms with Crippen molar-refractivity contribution in [2.75, 3.05) is 13.2 Å². The van der Waals surface area contributed by atoms with E-state index in [0.29, 0.717) is 19.4 Å². The van der Waals surface area contributed by atoms with Crippen LogP contribution in [0.1, 0.15) is 348 Å². The fraction of sp³-hybridized carbons (Fsp3) is 0.879. The van der Waals surface area contributed by atoms with Crippen molar-refractivity contribution in [3.8, 4) is 0 Å². The first kappa shape index (κ1) is 70.1. The minimum absolute atomic E-state index is 0.0119. The summed E-state index contributed by atoms with van der Waals surface area (Å²) in [6.07, 6.45) is 77.7. The number of allylic oxidation sites excluding steroid dienone is 5. The zero-order valence-corrected chi connectivity index (χ0v) is 48.4. The highest BCUT2D eigenvalue weighted by molar-refractivity contribution is 5.76. The highest BCUT2D eigenvalue weighted by atomic mass is 16.5. The lowest BCUT2D eigenvalue weighted by atomic mass is 10.0. The average Bonchev–Trinajstić information content (AvgIpc) is 3.38. The Kier molecular flexibility index (Phi) is 60.0. The first-order valence-corrected chi connectivity index (χ1v) is 32.3. The van der Waals surface area contributed by atoms with Crippen molar-refractivity contribution >= 4 is 11.9 Å². The van der Waals surface area contributed by atoms with Gasteiger partial charge in [-0.3, -0.25) is 9.59 Å². The smallest absolute Gasteiger partial charge is 0.305 e. The Morgan fingerprint density at radius 3 is 1.06 bits per heavy atom. The normalized spacial score (nSPS) is 12.8. The number of esters is 1. The van der Waals surface area contributed by atoms with Crippen molar-refractivity contribution in [3.05, 3.63) is 36.5 Å². The van der Waals surface area contributed by atoms with Crippen LogP contribution < -0.4 is 5.32 Å². The predicted molar refractivity (Wildman–Crippen MR) is 315 cm³/mol. The molecule has 0 saturated heterocycles. The average molecular weight is 1010 g/mol. The Balaban J connectivity index is 3.43. The summed E-state index contributed by atoms with van der Waals surface area (Å²) in [6, 6.07) is -0.630. The standard InChI is InChI=1S/C66H125NO5/c1-3-5-7-9-11-13-15-17-31-35-38-42-46-50-54-58-64(69)63(62-68)67-65(70)59-55-51-47-43-39-36-32-29-27-25-23-21-19-18-20-22-24-26-28-30-33-37-41-45-49-53-57-61-72-66(71)60-56-52-48-44-40-34-16-14-12-10-8-6-4-2/h18-19,22,24,54,58,63-64,68-69H,3-17,20-21,23,25-53,55-57,59-62H2,1-2H3,(H,67,70)/b19-18-,24-22-,58-54+. The highest BCUT2D eigenvalue weighted by Crippen LogP contribution is 2.17. The molecule has 2 unspecified atom stereocenters. The van der Waals surface area contributed by atoms with Crippen LogP contribution in [-0.2, 0) is 14.3 Å². The highest BCUT2D eigenvalue weighted by Gasteiger charge is 2.18. The number of hydrogen-bond donors (Lipinski definition) is 3. The summed E-state index contributed by atoms with van der Waals surface area (Å²) in [5.41, 5.74) is 0. The van der Waals surface area contributed by atoms with Crippen LogP contribution in [0.5, 0.6) is 0 Å². The fourth-order valence-corrected chi connectivity index (χ4v) is 9.96. The van der Waals surface area contributed by atoms with E-state index in [2.05, 4.69) is 43.5 Å². The Bertz CT molecular complexity index is 1170. The van der Waals surface area contributed by atoms with Crippen LogP contribution >= 0.6 is 0 Å². The van der Waals surface area contributed by atoms with Crippen molar-refractivity contribution < 1.29 is 24.5 Å². The van der Waals surface area contributed by atoms with Gasteiger partial charge in [-0.2, -0.15) is 0 Å². The van der Waals surface area contributed by atoms with E-state index in [9.17, 15) is 19.8 Å². The third kappa shape index (κ3) is 57.4. The summed E-state index contributed by atoms with van der Waals surface area (Å²) in [6.45, 7) is 4.92. The van der Waals surface area contributed by atoms with E-state index in [0.717, 1.165) is 44.9 Å². The van der Waals surface area contributed by atoms with Gasteiger partial charge in [0, 0.05) is 12.8 Å². The van der Waals surface area contributed by atoms with E-state index in [4.69, 9.17) is 4.74 Å². The van der Waals surface area contributed by atoms with Crippen molar-refractivity contribution in [2.45, 2.75) is 360 Å². The topological polar surface area (TPSA) is 95.9 Å². The van der Waals surface area contributed by atoms with Gasteiger partial charge in [0.15, 0.2) is 0 Å². The molecule has 3 N–H and O–H groups in total. The molecule has 0 radical (unpaired) electrons. The third-order valence-electron chi connectivity index (χ3n) is 14.9. The van der Waals surface area contributed by atoms with Gasteiger partial charge in [0.25, 0.3) is 0 Å². The molecule has 0 heterocycles. The molecule has 0 rings (SSSR count). The Morgan fingerprint density at radius 2 is 0.694 bits per heavy atom. The summed E-state index contributed by atoms with van der Waals surface area (Å²) in [5, 5.41) is 23.1. The molecule has 6 nitrogen and oxygen atoms in total. The SMILES string of the molecule is CCCCCCCCCCCCCCC/C=C/C(O)C(CO)NC(=O)CCCCCCCCCCCCC/C=C\C/C=C\CCCCCCCCCCCOC(=O)CCCCCCCCCCCCCCC. The first-order valence-electron chi connectivity index (χ1n) is 32.3. The monoisotopic (exact) mass is 1010 g/mol. The Morgan fingerprint density at radius 1 is 0.389 bits per heavy atom. The number of aliphatic hydroxyl groups is 2. The van der Waals surface area contributed by atoms with Crippen LogP contribution in [-0.4, -0.2) is 47.4 Å². The van der Waals surface area contributed by atoms with Gasteiger partial charge >= 0.3 is 5.97 Å². The molecule has 0 fully saturated rings. The summed E-state index contributed by atoms with van der Waals surface area (Å²) >= 11 is 0. The number of ether oxygens (including phenoxy) is 1. The second kappa shape index (κ2) is 61.6. The van der Waals surface area contributed by atoms with Crippen LogP contribution in [0.25, 0.3) is 0 Å². The summed E-state index contributed by atoms with van der Waals surface area (Å²) in [4.78, 5) is 24.5. The number of nitrogens with one attached hydrogen (secondary N) is 1. The molecule has 2 atom stereocenters. The molecule has 0 spiro atoms. The van der Waals surface area contributed by atoms with Gasteiger partial charge in [-0.05, 0) is 64.2 Å². The van der Waals surface area contributed by atoms with Gasteiger partial charge in [-0.1, -0.05) is 307 Å². The number of amides is 1. The van der Waals surface area contributed by atoms with Crippen LogP contribution in [0.3, 0.4) is 0 Å². The molecule has 0 bridgehead atoms. The lowest BCUT2D eigenvalue weighted by Crippen LogP contribution is -2.45. The van der Waals surface area contributed by atoms with E-state index < -0.39 is 12.1 Å². The van der Waals surface area contributed by atoms with Gasteiger partial charge < -0.3 is 20.3 Å². The Labute approximate surface area is 449 Å². The Hall–Kier alpha value is -1.92. The fourth-order valence-electron chi connectivity index (χ4n) is 9.96. The number of unbranched alkanes of at least 4 members (excludes halogenated alkanes) is 45. The molecule has 0 aromatic carbocycles. The molecule has 0 aliphatic rings. The number of hydrogen-bond acceptors (Lipinski definition) is 5. The summed E-state index contributed by atoms with van der Waals surface area (Å²) in [5.74, 6) is -0.0579. The molecule has 6 heteroatoms. The molecule has 0 aromatic rings. The molecule has 0 saturated carbocycles. The molecule has 0 aromatic heterocycles. The van der Waals surface area contributed by atoms with Crippen molar-refractivity contribution in [2.24, 2.45) is 0 Å². The molecule has 0 aliphatic heterocycles. The lowest BCUT2D eigenvalue weighted by Gasteiger charge is -2.20. The molecular weight excluding hydrogens is 887 g/mol. The maximum atomic E-state index is 12.5. The summed E-state index contributed by atoms with van der Waals surface area (Å²) < 4.78 is 5.48. The third-order valence-corrected chi connectivity index (χ3v) is 14.9. The number of rotatable bonds is 60. The van der Waals surface area contributed by atoms with Crippen molar-refractivity contribution in [3.63, 3.8) is 0 Å². The zero-order chi connectivity index (χ0) is 52.2. The van der Waals surface area contributed by atoms with Gasteiger partial charge in [-0.15, -0.1) is 0 Å². The molecule has 72 heavy (non-hydrogen) atoms. The van der Waals surface area contributed by atoms with E-state index in [1.165, 1.54) is 276 Å². The van der Waals surface area contributed by atoms with E-state index in [-0.39, 0.29) is 18.5 Å². The van der Waals surface area contributed by atoms with Gasteiger partial charge in [-0.25, -0.2) is 0 Å². The van der Waals surface area contributed by atoms with Crippen LogP contribution in [0.2, 0.25) is 0 Å². The maximum Gasteiger partial charge on any atom is 0.305 e. The minimum atomic E-state index is -0.846. The second-order valence-corrected chi connectivity index (χ2v) is 22.1. The quantitative estimate of drug-likeness (QED) is 0.0320. The van der Waals surface area contributed by atoms with Gasteiger partial charge in [0.1, 0.15) is 0 Å². The number of carbonyl (C=O) groups is 2. The predicted octanol–water partition coefficient (Wildman–Crippen LogP) is 20.4. The zero-order valence-electron chi connectivity index (χ0n) is 48.4. The van der Waals surface area contributed by atoms with Crippen LogP contribution in [0.15, 0.2) is 36.5 Å². The number of aliphatic hydroxyl groups excluding tert-OH is 2. The minimum Gasteiger partial charge on any atom is -0.466 e. The largest absolute Gasteiger partial charge is 0.466 e. The van der Waals surface area contributed by atoms with Gasteiger partial charge in [0.2, 0.25) is 5.91 Å². The summed E-state index contributed by atoms with van der Waals surface area (Å²) in [7, 11) is 0. The van der Waals surface area contributed by atoms with Crippen molar-refractivity contribution in [1.82, 2.24) is 5.32 Å². The van der Waals surface area contributed by atoms with Crippen molar-refractivity contribution in [1.29, 1.82) is 0 Å². The van der Waals surface area contributed by atoms with E-state index in [1.807, 2.05) is 6.08 Å². The van der Waals surface area contributed by atoms with E-state index in [1.54, 1.807) is 6.08 Å². The van der Waals surface area contributed by atoms with Crippen LogP contribution in [0.4, 0.5) is 0 Å². The maximum absolute atomic E-state index is 12.5. The second-order valence-electron chi connectivity index (χ2n) is 22.1. The number of carbonyl (C=O) groups excluding carboxylic acids is 2. The molecule has 1 amide bonds. The van der Waals surface area contributed by atoms with Gasteiger partial charge in [0.05, 0.1) is 25.4 Å². The van der Waals surface area contributed by atoms with E-state index >= 15 is 0 Å². The first-order chi connectivity index (χ1) is 35.5. The molecule has 0 aliphatic carbocycles. The molecular formula is C66H125NO5. The molecule has 424 valence electrons.